The summed E-state index contributed by atoms with van der Waals surface area (Å²) in [5, 5.41) is 27.3. The summed E-state index contributed by atoms with van der Waals surface area (Å²) in [6, 6.07) is 8.52. The van der Waals surface area contributed by atoms with E-state index in [0.29, 0.717) is 35.0 Å². The number of hydrogen-bond acceptors (Lipinski definition) is 6. The highest BCUT2D eigenvalue weighted by atomic mass is 19.4. The van der Waals surface area contributed by atoms with Crippen molar-refractivity contribution in [2.75, 3.05) is 0 Å². The standard InChI is InChI=1S/C28H26F3N9O/c1-4-20(41)23-17(10-15-12-38(2)37-26(15)32-23)27-33-24(25(39(27)3)14-8-9-14)16-6-5-7-19-18(16)13-40(36-19)22-11-21(34-35-22)28(29,30)31/h5-7,10-14,20,41H,4,8-9H2,1-3H3,(H,34,35). The molecule has 6 aromatic rings. The average molecular weight is 562 g/mol. The molecule has 5 aromatic heterocycles. The van der Waals surface area contributed by atoms with Gasteiger partial charge in [-0.25, -0.2) is 14.6 Å². The number of halogens is 3. The van der Waals surface area contributed by atoms with Gasteiger partial charge in [-0.05, 0) is 31.4 Å². The number of hydrogen-bond donors (Lipinski definition) is 2. The molecule has 1 fully saturated rings. The summed E-state index contributed by atoms with van der Waals surface area (Å²) in [5.74, 6) is 1.03. The predicted molar refractivity (Wildman–Crippen MR) is 145 cm³/mol. The average Bonchev–Trinajstić information content (AvgIpc) is 3.28. The second-order valence-electron chi connectivity index (χ2n) is 10.5. The molecule has 1 atom stereocenters. The van der Waals surface area contributed by atoms with Crippen LogP contribution in [0, 0.1) is 0 Å². The number of imidazole rings is 1. The van der Waals surface area contributed by atoms with Crippen LogP contribution in [0.1, 0.15) is 55.3 Å². The van der Waals surface area contributed by atoms with Gasteiger partial charge in [0.25, 0.3) is 0 Å². The molecule has 0 aliphatic heterocycles. The Bertz CT molecular complexity index is 1940. The molecule has 1 aliphatic carbocycles. The highest BCUT2D eigenvalue weighted by Gasteiger charge is 2.35. The molecule has 5 heterocycles. The maximum absolute atomic E-state index is 13.2. The van der Waals surface area contributed by atoms with Crippen LogP contribution in [-0.2, 0) is 20.3 Å². The monoisotopic (exact) mass is 561 g/mol. The van der Waals surface area contributed by atoms with Crippen molar-refractivity contribution in [3.8, 4) is 28.5 Å². The molecule has 1 aromatic carbocycles. The van der Waals surface area contributed by atoms with Gasteiger partial charge in [0.2, 0.25) is 0 Å². The van der Waals surface area contributed by atoms with Gasteiger partial charge in [0.05, 0.1) is 23.0 Å². The van der Waals surface area contributed by atoms with Crippen LogP contribution in [0.25, 0.3) is 50.4 Å². The highest BCUT2D eigenvalue weighted by molar-refractivity contribution is 5.95. The van der Waals surface area contributed by atoms with Crippen LogP contribution in [0.4, 0.5) is 13.2 Å². The molecule has 0 radical (unpaired) electrons. The van der Waals surface area contributed by atoms with E-state index in [-0.39, 0.29) is 5.82 Å². The second-order valence-corrected chi connectivity index (χ2v) is 10.5. The molecule has 0 bridgehead atoms. The molecule has 0 saturated heterocycles. The predicted octanol–water partition coefficient (Wildman–Crippen LogP) is 5.44. The highest BCUT2D eigenvalue weighted by Crippen LogP contribution is 2.47. The first-order valence-electron chi connectivity index (χ1n) is 13.3. The number of aromatic amines is 1. The summed E-state index contributed by atoms with van der Waals surface area (Å²) in [6.07, 6.45) is 0.767. The molecule has 210 valence electrons. The molecular formula is C28H26F3N9O. The first-order valence-corrected chi connectivity index (χ1v) is 13.3. The summed E-state index contributed by atoms with van der Waals surface area (Å²) in [6.45, 7) is 1.90. The van der Waals surface area contributed by atoms with E-state index in [1.165, 1.54) is 4.68 Å². The van der Waals surface area contributed by atoms with Gasteiger partial charge >= 0.3 is 6.18 Å². The number of rotatable bonds is 6. The fourth-order valence-electron chi connectivity index (χ4n) is 5.43. The number of benzene rings is 1. The van der Waals surface area contributed by atoms with Gasteiger partial charge in [-0.3, -0.25) is 9.78 Å². The molecule has 13 heteroatoms. The topological polar surface area (TPSA) is 115 Å². The zero-order chi connectivity index (χ0) is 28.6. The van der Waals surface area contributed by atoms with E-state index in [1.807, 2.05) is 56.6 Å². The Morgan fingerprint density at radius 3 is 2.59 bits per heavy atom. The number of nitrogens with zero attached hydrogens (tertiary/aromatic N) is 8. The summed E-state index contributed by atoms with van der Waals surface area (Å²) in [4.78, 5) is 9.87. The molecule has 10 nitrogen and oxygen atoms in total. The number of H-pyrrole nitrogens is 1. The molecule has 0 spiro atoms. The summed E-state index contributed by atoms with van der Waals surface area (Å²) < 4.78 is 44.6. The zero-order valence-electron chi connectivity index (χ0n) is 22.5. The molecule has 2 N–H and O–H groups in total. The number of aliphatic hydroxyl groups is 1. The van der Waals surface area contributed by atoms with Crippen molar-refractivity contribution < 1.29 is 18.3 Å². The number of aryl methyl sites for hydroxylation is 1. The molecular weight excluding hydrogens is 535 g/mol. The quantitative estimate of drug-likeness (QED) is 0.280. The normalized spacial score (nSPS) is 14.9. The van der Waals surface area contributed by atoms with Crippen LogP contribution in [-0.4, -0.2) is 49.4 Å². The van der Waals surface area contributed by atoms with Crippen LogP contribution in [0.15, 0.2) is 42.7 Å². The maximum Gasteiger partial charge on any atom is 0.432 e. The number of nitrogens with one attached hydrogen (secondary N) is 1. The fraction of sp³-hybridized carbons (Fsp3) is 0.321. The van der Waals surface area contributed by atoms with E-state index >= 15 is 0 Å². The minimum Gasteiger partial charge on any atom is -0.387 e. The van der Waals surface area contributed by atoms with E-state index in [1.54, 1.807) is 10.9 Å². The number of fused-ring (bicyclic) bond motifs is 2. The van der Waals surface area contributed by atoms with E-state index in [9.17, 15) is 18.3 Å². The van der Waals surface area contributed by atoms with Crippen molar-refractivity contribution in [3.63, 3.8) is 0 Å². The number of aromatic nitrogens is 9. The summed E-state index contributed by atoms with van der Waals surface area (Å²) >= 11 is 0. The SMILES string of the molecule is CCC(O)c1nc2nn(C)cc2cc1-c1nc(-c2cccc3nn(-c4cc(C(F)(F)F)[nH]n4)cc23)c(C2CC2)n1C. The van der Waals surface area contributed by atoms with Crippen LogP contribution < -0.4 is 0 Å². The lowest BCUT2D eigenvalue weighted by molar-refractivity contribution is -0.141. The summed E-state index contributed by atoms with van der Waals surface area (Å²) in [7, 11) is 3.80. The van der Waals surface area contributed by atoms with Crippen molar-refractivity contribution >= 4 is 21.9 Å². The van der Waals surface area contributed by atoms with Crippen LogP contribution in [0.3, 0.4) is 0 Å². The largest absolute Gasteiger partial charge is 0.432 e. The fourth-order valence-corrected chi connectivity index (χ4v) is 5.43. The third kappa shape index (κ3) is 4.19. The second kappa shape index (κ2) is 8.99. The minimum absolute atomic E-state index is 0.0395. The lowest BCUT2D eigenvalue weighted by Gasteiger charge is -2.13. The van der Waals surface area contributed by atoms with Crippen LogP contribution in [0.2, 0.25) is 0 Å². The van der Waals surface area contributed by atoms with E-state index in [2.05, 4.69) is 19.9 Å². The van der Waals surface area contributed by atoms with Gasteiger partial charge in [0, 0.05) is 66.1 Å². The lowest BCUT2D eigenvalue weighted by Crippen LogP contribution is -2.06. The van der Waals surface area contributed by atoms with Gasteiger partial charge in [-0.15, -0.1) is 0 Å². The zero-order valence-corrected chi connectivity index (χ0v) is 22.5. The Morgan fingerprint density at radius 2 is 1.88 bits per heavy atom. The lowest BCUT2D eigenvalue weighted by atomic mass is 10.0. The van der Waals surface area contributed by atoms with Gasteiger partial charge in [0.1, 0.15) is 11.5 Å². The number of aliphatic hydroxyl groups excluding tert-OH is 1. The first-order chi connectivity index (χ1) is 19.6. The van der Waals surface area contributed by atoms with Gasteiger partial charge < -0.3 is 9.67 Å². The molecule has 1 unspecified atom stereocenters. The Morgan fingerprint density at radius 1 is 1.07 bits per heavy atom. The number of pyridine rings is 1. The van der Waals surface area contributed by atoms with Crippen LogP contribution >= 0.6 is 0 Å². The Labute approximate surface area is 231 Å². The van der Waals surface area contributed by atoms with Gasteiger partial charge in [0.15, 0.2) is 11.5 Å². The minimum atomic E-state index is -4.54. The third-order valence-electron chi connectivity index (χ3n) is 7.59. The van der Waals surface area contributed by atoms with E-state index in [0.717, 1.165) is 52.2 Å². The van der Waals surface area contributed by atoms with Gasteiger partial charge in [-0.1, -0.05) is 19.1 Å². The van der Waals surface area contributed by atoms with Crippen molar-refractivity contribution in [2.45, 2.75) is 44.4 Å². The smallest absolute Gasteiger partial charge is 0.387 e. The van der Waals surface area contributed by atoms with Gasteiger partial charge in [-0.2, -0.15) is 28.5 Å². The number of alkyl halides is 3. The maximum atomic E-state index is 13.2. The van der Waals surface area contributed by atoms with Crippen LogP contribution in [0.5, 0.6) is 0 Å². The Kier molecular flexibility index (Phi) is 5.58. The van der Waals surface area contributed by atoms with Crippen molar-refractivity contribution in [3.05, 3.63) is 59.8 Å². The molecule has 1 saturated carbocycles. The van der Waals surface area contributed by atoms with Crippen molar-refractivity contribution in [1.82, 2.24) is 44.3 Å². The Balaban J connectivity index is 1.41. The Hall–Kier alpha value is -4.52. The van der Waals surface area contributed by atoms with E-state index < -0.39 is 18.0 Å². The van der Waals surface area contributed by atoms with E-state index in [4.69, 9.17) is 9.97 Å². The van der Waals surface area contributed by atoms with Crippen molar-refractivity contribution in [1.29, 1.82) is 0 Å². The third-order valence-corrected chi connectivity index (χ3v) is 7.59. The molecule has 41 heavy (non-hydrogen) atoms. The summed E-state index contributed by atoms with van der Waals surface area (Å²) in [5.41, 5.74) is 4.12. The first kappa shape index (κ1) is 25.4. The molecule has 7 rings (SSSR count). The molecule has 1 aliphatic rings. The van der Waals surface area contributed by atoms with Crippen molar-refractivity contribution in [2.24, 2.45) is 14.1 Å². The molecule has 0 amide bonds.